The Morgan fingerprint density at radius 3 is 2.31 bits per heavy atom. The van der Waals surface area contributed by atoms with Gasteiger partial charge in [0.2, 0.25) is 0 Å². The molecule has 0 radical (unpaired) electrons. The predicted molar refractivity (Wildman–Crippen MR) is 67.0 cm³/mol. The standard InChI is InChI=1S/C13H20N2O/c1-10(2)13(14)15(3)9-11-5-7-12(16-4)8-6-11/h5-8,10,14H,9H2,1-4H3. The summed E-state index contributed by atoms with van der Waals surface area (Å²) in [5.74, 6) is 1.80. The van der Waals surface area contributed by atoms with Crippen LogP contribution in [0.25, 0.3) is 0 Å². The molecule has 0 aromatic heterocycles. The summed E-state index contributed by atoms with van der Waals surface area (Å²) < 4.78 is 5.10. The van der Waals surface area contributed by atoms with Crippen LogP contribution in [0.4, 0.5) is 0 Å². The molecule has 1 aromatic rings. The van der Waals surface area contributed by atoms with Gasteiger partial charge >= 0.3 is 0 Å². The molecule has 0 atom stereocenters. The average molecular weight is 220 g/mol. The Labute approximate surface area is 97.5 Å². The molecule has 0 aliphatic carbocycles. The van der Waals surface area contributed by atoms with Crippen LogP contribution in [0.3, 0.4) is 0 Å². The van der Waals surface area contributed by atoms with Crippen molar-refractivity contribution in [2.24, 2.45) is 5.92 Å². The molecular weight excluding hydrogens is 200 g/mol. The fourth-order valence-corrected chi connectivity index (χ4v) is 1.53. The van der Waals surface area contributed by atoms with Crippen molar-refractivity contribution in [2.45, 2.75) is 20.4 Å². The van der Waals surface area contributed by atoms with Gasteiger partial charge < -0.3 is 9.64 Å². The summed E-state index contributed by atoms with van der Waals surface area (Å²) in [5, 5.41) is 7.88. The summed E-state index contributed by atoms with van der Waals surface area (Å²) in [7, 11) is 3.61. The van der Waals surface area contributed by atoms with E-state index in [0.29, 0.717) is 5.84 Å². The van der Waals surface area contributed by atoms with Crippen molar-refractivity contribution in [1.29, 1.82) is 5.41 Å². The maximum atomic E-state index is 7.88. The molecule has 3 heteroatoms. The number of methoxy groups -OCH3 is 1. The smallest absolute Gasteiger partial charge is 0.118 e. The van der Waals surface area contributed by atoms with Crippen LogP contribution in [-0.4, -0.2) is 24.9 Å². The molecule has 0 heterocycles. The number of rotatable bonds is 4. The van der Waals surface area contributed by atoms with Crippen molar-refractivity contribution in [1.82, 2.24) is 4.90 Å². The molecule has 0 amide bonds. The number of nitrogens with one attached hydrogen (secondary N) is 1. The first-order valence-electron chi connectivity index (χ1n) is 5.47. The van der Waals surface area contributed by atoms with Gasteiger partial charge in [0, 0.05) is 19.5 Å². The van der Waals surface area contributed by atoms with Crippen LogP contribution in [0.15, 0.2) is 24.3 Å². The fourth-order valence-electron chi connectivity index (χ4n) is 1.53. The largest absolute Gasteiger partial charge is 0.497 e. The van der Waals surface area contributed by atoms with Gasteiger partial charge in [0.25, 0.3) is 0 Å². The molecule has 1 rings (SSSR count). The lowest BCUT2D eigenvalue weighted by Gasteiger charge is -2.22. The van der Waals surface area contributed by atoms with Crippen LogP contribution < -0.4 is 4.74 Å². The second-order valence-corrected chi connectivity index (χ2v) is 4.24. The molecule has 1 aromatic carbocycles. The van der Waals surface area contributed by atoms with Crippen LogP contribution in [0.2, 0.25) is 0 Å². The number of ether oxygens (including phenoxy) is 1. The number of amidine groups is 1. The molecule has 3 nitrogen and oxygen atoms in total. The minimum absolute atomic E-state index is 0.267. The zero-order valence-electron chi connectivity index (χ0n) is 10.4. The van der Waals surface area contributed by atoms with E-state index >= 15 is 0 Å². The van der Waals surface area contributed by atoms with E-state index in [1.54, 1.807) is 7.11 Å². The second-order valence-electron chi connectivity index (χ2n) is 4.24. The third-order valence-corrected chi connectivity index (χ3v) is 2.54. The lowest BCUT2D eigenvalue weighted by Crippen LogP contribution is -2.29. The van der Waals surface area contributed by atoms with Gasteiger partial charge in [-0.25, -0.2) is 0 Å². The predicted octanol–water partition coefficient (Wildman–Crippen LogP) is 2.76. The minimum atomic E-state index is 0.267. The Bertz CT molecular complexity index is 343. The first-order valence-corrected chi connectivity index (χ1v) is 5.47. The molecule has 0 saturated heterocycles. The highest BCUT2D eigenvalue weighted by Crippen LogP contribution is 2.13. The Morgan fingerprint density at radius 2 is 1.88 bits per heavy atom. The van der Waals surface area contributed by atoms with Gasteiger partial charge in [0.1, 0.15) is 5.75 Å². The van der Waals surface area contributed by atoms with E-state index in [2.05, 4.69) is 0 Å². The summed E-state index contributed by atoms with van der Waals surface area (Å²) in [6.07, 6.45) is 0. The van der Waals surface area contributed by atoms with Gasteiger partial charge in [-0.2, -0.15) is 0 Å². The molecule has 16 heavy (non-hydrogen) atoms. The SMILES string of the molecule is COc1ccc(CN(C)C(=N)C(C)C)cc1. The topological polar surface area (TPSA) is 36.3 Å². The van der Waals surface area contributed by atoms with Crippen LogP contribution in [0.5, 0.6) is 5.75 Å². The Hall–Kier alpha value is -1.51. The normalized spacial score (nSPS) is 10.3. The van der Waals surface area contributed by atoms with Crippen LogP contribution in [0, 0.1) is 11.3 Å². The van der Waals surface area contributed by atoms with Crippen LogP contribution in [-0.2, 0) is 6.54 Å². The number of benzene rings is 1. The monoisotopic (exact) mass is 220 g/mol. The summed E-state index contributed by atoms with van der Waals surface area (Å²) in [6, 6.07) is 7.95. The molecule has 0 bridgehead atoms. The van der Waals surface area contributed by atoms with Crippen molar-refractivity contribution in [3.05, 3.63) is 29.8 Å². The Kier molecular flexibility index (Phi) is 4.35. The number of hydrogen-bond acceptors (Lipinski definition) is 2. The van der Waals surface area contributed by atoms with E-state index in [-0.39, 0.29) is 5.92 Å². The molecule has 0 aliphatic rings. The van der Waals surface area contributed by atoms with E-state index in [9.17, 15) is 0 Å². The molecule has 1 N–H and O–H groups in total. The summed E-state index contributed by atoms with van der Waals surface area (Å²) in [6.45, 7) is 4.83. The Morgan fingerprint density at radius 1 is 1.31 bits per heavy atom. The van der Waals surface area contributed by atoms with E-state index < -0.39 is 0 Å². The van der Waals surface area contributed by atoms with Crippen molar-refractivity contribution < 1.29 is 4.74 Å². The van der Waals surface area contributed by atoms with E-state index in [1.807, 2.05) is 50.1 Å². The van der Waals surface area contributed by atoms with Crippen molar-refractivity contribution in [3.8, 4) is 5.75 Å². The van der Waals surface area contributed by atoms with Gasteiger partial charge in [0.15, 0.2) is 0 Å². The van der Waals surface area contributed by atoms with Gasteiger partial charge in [0.05, 0.1) is 12.9 Å². The third kappa shape index (κ3) is 3.26. The highest BCUT2D eigenvalue weighted by Gasteiger charge is 2.08. The van der Waals surface area contributed by atoms with Gasteiger partial charge in [-0.05, 0) is 17.7 Å². The second kappa shape index (κ2) is 5.54. The van der Waals surface area contributed by atoms with E-state index in [0.717, 1.165) is 12.3 Å². The summed E-state index contributed by atoms with van der Waals surface area (Å²) in [4.78, 5) is 1.96. The third-order valence-electron chi connectivity index (χ3n) is 2.54. The number of nitrogens with zero attached hydrogens (tertiary/aromatic N) is 1. The quantitative estimate of drug-likeness (QED) is 0.625. The van der Waals surface area contributed by atoms with Crippen molar-refractivity contribution in [2.75, 3.05) is 14.2 Å². The lowest BCUT2D eigenvalue weighted by atomic mass is 10.1. The van der Waals surface area contributed by atoms with Crippen molar-refractivity contribution >= 4 is 5.84 Å². The first-order chi connectivity index (χ1) is 7.54. The number of hydrogen-bond donors (Lipinski definition) is 1. The zero-order chi connectivity index (χ0) is 12.1. The van der Waals surface area contributed by atoms with Gasteiger partial charge in [-0.15, -0.1) is 0 Å². The summed E-state index contributed by atoms with van der Waals surface area (Å²) in [5.41, 5.74) is 1.19. The highest BCUT2D eigenvalue weighted by molar-refractivity contribution is 5.80. The molecule has 0 spiro atoms. The molecule has 0 fully saturated rings. The maximum Gasteiger partial charge on any atom is 0.118 e. The average Bonchev–Trinajstić information content (AvgIpc) is 2.28. The van der Waals surface area contributed by atoms with E-state index in [4.69, 9.17) is 10.1 Å². The Balaban J connectivity index is 2.62. The molecule has 88 valence electrons. The van der Waals surface area contributed by atoms with Gasteiger partial charge in [-0.1, -0.05) is 26.0 Å². The fraction of sp³-hybridized carbons (Fsp3) is 0.462. The van der Waals surface area contributed by atoms with Crippen LogP contribution in [0.1, 0.15) is 19.4 Å². The lowest BCUT2D eigenvalue weighted by molar-refractivity contribution is 0.414. The maximum absolute atomic E-state index is 7.88. The molecule has 0 saturated carbocycles. The van der Waals surface area contributed by atoms with Crippen LogP contribution >= 0.6 is 0 Å². The van der Waals surface area contributed by atoms with E-state index in [1.165, 1.54) is 5.56 Å². The highest BCUT2D eigenvalue weighted by atomic mass is 16.5. The van der Waals surface area contributed by atoms with Crippen molar-refractivity contribution in [3.63, 3.8) is 0 Å². The summed E-state index contributed by atoms with van der Waals surface area (Å²) >= 11 is 0. The first kappa shape index (κ1) is 12.6. The van der Waals surface area contributed by atoms with Gasteiger partial charge in [-0.3, -0.25) is 5.41 Å². The molecule has 0 aliphatic heterocycles. The molecular formula is C13H20N2O. The zero-order valence-corrected chi connectivity index (χ0v) is 10.4. The molecule has 0 unspecified atom stereocenters. The minimum Gasteiger partial charge on any atom is -0.497 e.